The lowest BCUT2D eigenvalue weighted by atomic mass is 9.71. The zero-order valence-corrected chi connectivity index (χ0v) is 15.1. The van der Waals surface area contributed by atoms with Gasteiger partial charge in [0.1, 0.15) is 5.75 Å². The first-order chi connectivity index (χ1) is 11.1. The molecule has 0 spiro atoms. The summed E-state index contributed by atoms with van der Waals surface area (Å²) in [5.41, 5.74) is 6.55. The number of aliphatic hydroxyl groups is 1. The van der Waals surface area contributed by atoms with Gasteiger partial charge in [0.2, 0.25) is 5.91 Å². The number of nitrogens with two attached hydrogens (primary N) is 1. The fraction of sp³-hybridized carbons (Fsp3) is 0.611. The van der Waals surface area contributed by atoms with Crippen molar-refractivity contribution < 1.29 is 14.6 Å². The molecule has 1 atom stereocenters. The molecule has 24 heavy (non-hydrogen) atoms. The molecule has 0 radical (unpaired) electrons. The maximum Gasteiger partial charge on any atom is 0.220 e. The minimum Gasteiger partial charge on any atom is -0.496 e. The number of rotatable bonds is 7. The standard InChI is InChI=1S/C18H28N2O3.ClH/c1-23-16-8-4-3-7-14(16)15(21)12-20-17(22)11-18(13-19)9-5-2-6-10-18;/h3-4,7-8,15,21H,2,5-6,9-13,19H2,1H3,(H,20,22);1H. The van der Waals surface area contributed by atoms with Gasteiger partial charge < -0.3 is 20.9 Å². The van der Waals surface area contributed by atoms with Gasteiger partial charge in [0.15, 0.2) is 0 Å². The maximum atomic E-state index is 12.3. The number of para-hydroxylation sites is 1. The third kappa shape index (κ3) is 5.36. The van der Waals surface area contributed by atoms with Gasteiger partial charge in [-0.15, -0.1) is 12.4 Å². The van der Waals surface area contributed by atoms with Crippen molar-refractivity contribution in [1.29, 1.82) is 0 Å². The normalized spacial score (nSPS) is 17.5. The summed E-state index contributed by atoms with van der Waals surface area (Å²) >= 11 is 0. The van der Waals surface area contributed by atoms with E-state index in [1.54, 1.807) is 19.2 Å². The molecule has 5 nitrogen and oxygen atoms in total. The molecule has 1 aliphatic carbocycles. The predicted octanol–water partition coefficient (Wildman–Crippen LogP) is 2.57. The smallest absolute Gasteiger partial charge is 0.220 e. The molecule has 4 N–H and O–H groups in total. The summed E-state index contributed by atoms with van der Waals surface area (Å²) in [5, 5.41) is 13.1. The molecule has 0 bridgehead atoms. The minimum absolute atomic E-state index is 0. The number of benzene rings is 1. The Bertz CT molecular complexity index is 519. The first-order valence-electron chi connectivity index (χ1n) is 8.38. The lowest BCUT2D eigenvalue weighted by molar-refractivity contribution is -0.124. The Labute approximate surface area is 150 Å². The second-order valence-electron chi connectivity index (χ2n) is 6.50. The molecule has 1 unspecified atom stereocenters. The lowest BCUT2D eigenvalue weighted by Crippen LogP contribution is -2.39. The summed E-state index contributed by atoms with van der Waals surface area (Å²) in [6.07, 6.45) is 5.23. The third-order valence-corrected chi connectivity index (χ3v) is 4.87. The van der Waals surface area contributed by atoms with Crippen LogP contribution in [0.25, 0.3) is 0 Å². The van der Waals surface area contributed by atoms with Crippen molar-refractivity contribution in [2.45, 2.75) is 44.6 Å². The van der Waals surface area contributed by atoms with Crippen molar-refractivity contribution in [2.24, 2.45) is 11.1 Å². The van der Waals surface area contributed by atoms with Gasteiger partial charge >= 0.3 is 0 Å². The van der Waals surface area contributed by atoms with Crippen LogP contribution in [0, 0.1) is 5.41 Å². The van der Waals surface area contributed by atoms with Gasteiger partial charge in [0, 0.05) is 18.5 Å². The van der Waals surface area contributed by atoms with E-state index in [2.05, 4.69) is 5.32 Å². The zero-order chi connectivity index (χ0) is 16.7. The Balaban J connectivity index is 0.00000288. The maximum absolute atomic E-state index is 12.3. The van der Waals surface area contributed by atoms with E-state index in [1.807, 2.05) is 12.1 Å². The summed E-state index contributed by atoms with van der Waals surface area (Å²) in [4.78, 5) is 12.3. The van der Waals surface area contributed by atoms with Gasteiger partial charge in [-0.3, -0.25) is 4.79 Å². The first-order valence-corrected chi connectivity index (χ1v) is 8.38. The van der Waals surface area contributed by atoms with Crippen LogP contribution in [0.2, 0.25) is 0 Å². The molecule has 1 fully saturated rings. The quantitative estimate of drug-likeness (QED) is 0.701. The summed E-state index contributed by atoms with van der Waals surface area (Å²) in [5.74, 6) is 0.589. The number of methoxy groups -OCH3 is 1. The van der Waals surface area contributed by atoms with E-state index in [0.717, 1.165) is 25.7 Å². The van der Waals surface area contributed by atoms with Crippen molar-refractivity contribution in [1.82, 2.24) is 5.32 Å². The monoisotopic (exact) mass is 356 g/mol. The van der Waals surface area contributed by atoms with Crippen LogP contribution in [0.5, 0.6) is 5.75 Å². The molecular weight excluding hydrogens is 328 g/mol. The highest BCUT2D eigenvalue weighted by Crippen LogP contribution is 2.38. The van der Waals surface area contributed by atoms with Crippen LogP contribution in [0.3, 0.4) is 0 Å². The molecule has 1 aromatic carbocycles. The van der Waals surface area contributed by atoms with Gasteiger partial charge in [0.05, 0.1) is 13.2 Å². The number of halogens is 1. The molecule has 136 valence electrons. The van der Waals surface area contributed by atoms with Crippen LogP contribution in [-0.2, 0) is 4.79 Å². The van der Waals surface area contributed by atoms with Crippen LogP contribution in [0.4, 0.5) is 0 Å². The number of amides is 1. The van der Waals surface area contributed by atoms with Crippen molar-refractivity contribution in [3.63, 3.8) is 0 Å². The number of carbonyl (C=O) groups is 1. The van der Waals surface area contributed by atoms with E-state index in [4.69, 9.17) is 10.5 Å². The molecule has 6 heteroatoms. The zero-order valence-electron chi connectivity index (χ0n) is 14.3. The number of carbonyl (C=O) groups excluding carboxylic acids is 1. The summed E-state index contributed by atoms with van der Waals surface area (Å²) in [7, 11) is 1.57. The Morgan fingerprint density at radius 3 is 2.62 bits per heavy atom. The highest BCUT2D eigenvalue weighted by atomic mass is 35.5. The van der Waals surface area contributed by atoms with E-state index in [0.29, 0.717) is 24.3 Å². The molecule has 1 aliphatic rings. The van der Waals surface area contributed by atoms with Gasteiger partial charge in [0.25, 0.3) is 0 Å². The summed E-state index contributed by atoms with van der Waals surface area (Å²) < 4.78 is 5.24. The lowest BCUT2D eigenvalue weighted by Gasteiger charge is -2.35. The van der Waals surface area contributed by atoms with Gasteiger partial charge in [-0.1, -0.05) is 37.5 Å². The molecule has 0 aromatic heterocycles. The number of ether oxygens (including phenoxy) is 1. The molecule has 1 aromatic rings. The molecule has 0 saturated heterocycles. The SMILES string of the molecule is COc1ccccc1C(O)CNC(=O)CC1(CN)CCCCC1.Cl. The molecule has 0 aliphatic heterocycles. The molecule has 1 saturated carbocycles. The van der Waals surface area contributed by atoms with Crippen LogP contribution in [-0.4, -0.2) is 31.2 Å². The first kappa shape index (κ1) is 20.7. The van der Waals surface area contributed by atoms with E-state index in [-0.39, 0.29) is 30.3 Å². The van der Waals surface area contributed by atoms with Crippen LogP contribution >= 0.6 is 12.4 Å². The third-order valence-electron chi connectivity index (χ3n) is 4.87. The van der Waals surface area contributed by atoms with E-state index < -0.39 is 6.10 Å². The largest absolute Gasteiger partial charge is 0.496 e. The average molecular weight is 357 g/mol. The van der Waals surface area contributed by atoms with E-state index in [1.165, 1.54) is 6.42 Å². The van der Waals surface area contributed by atoms with E-state index in [9.17, 15) is 9.90 Å². The Hall–Kier alpha value is -1.30. The highest BCUT2D eigenvalue weighted by Gasteiger charge is 2.33. The Morgan fingerprint density at radius 1 is 1.33 bits per heavy atom. The molecule has 1 amide bonds. The number of hydrogen-bond acceptors (Lipinski definition) is 4. The number of nitrogens with one attached hydrogen (secondary N) is 1. The van der Waals surface area contributed by atoms with Crippen LogP contribution in [0.1, 0.15) is 50.2 Å². The Morgan fingerprint density at radius 2 is 2.00 bits per heavy atom. The van der Waals surface area contributed by atoms with Crippen LogP contribution in [0.15, 0.2) is 24.3 Å². The molecule has 2 rings (SSSR count). The highest BCUT2D eigenvalue weighted by molar-refractivity contribution is 5.85. The van der Waals surface area contributed by atoms with Crippen molar-refractivity contribution in [2.75, 3.05) is 20.2 Å². The number of aliphatic hydroxyl groups excluding tert-OH is 1. The summed E-state index contributed by atoms with van der Waals surface area (Å²) in [6.45, 7) is 0.731. The molecule has 0 heterocycles. The topological polar surface area (TPSA) is 84.6 Å². The van der Waals surface area contributed by atoms with Gasteiger partial charge in [-0.2, -0.15) is 0 Å². The van der Waals surface area contributed by atoms with Crippen molar-refractivity contribution >= 4 is 18.3 Å². The fourth-order valence-corrected chi connectivity index (χ4v) is 3.42. The van der Waals surface area contributed by atoms with Crippen molar-refractivity contribution in [3.05, 3.63) is 29.8 Å². The number of hydrogen-bond donors (Lipinski definition) is 3. The second kappa shape index (κ2) is 9.87. The van der Waals surface area contributed by atoms with Crippen LogP contribution < -0.4 is 15.8 Å². The molecular formula is C18H29ClN2O3. The van der Waals surface area contributed by atoms with Gasteiger partial charge in [-0.25, -0.2) is 0 Å². The second-order valence-corrected chi connectivity index (χ2v) is 6.50. The fourth-order valence-electron chi connectivity index (χ4n) is 3.42. The average Bonchev–Trinajstić information content (AvgIpc) is 2.60. The Kier molecular flexibility index (Phi) is 8.53. The predicted molar refractivity (Wildman–Crippen MR) is 97.4 cm³/mol. The van der Waals surface area contributed by atoms with Crippen molar-refractivity contribution in [3.8, 4) is 5.75 Å². The van der Waals surface area contributed by atoms with E-state index >= 15 is 0 Å². The van der Waals surface area contributed by atoms with Gasteiger partial charge in [-0.05, 0) is 30.9 Å². The minimum atomic E-state index is -0.782. The summed E-state index contributed by atoms with van der Waals surface area (Å²) in [6, 6.07) is 7.29.